The van der Waals surface area contributed by atoms with Crippen LogP contribution in [0.2, 0.25) is 0 Å². The first-order valence-corrected chi connectivity index (χ1v) is 7.35. The minimum absolute atomic E-state index is 0.0430. The second-order valence-electron chi connectivity index (χ2n) is 5.12. The summed E-state index contributed by atoms with van der Waals surface area (Å²) in [5.41, 5.74) is 5.61. The van der Waals surface area contributed by atoms with Crippen molar-refractivity contribution in [2.75, 3.05) is 11.4 Å². The van der Waals surface area contributed by atoms with Crippen molar-refractivity contribution < 1.29 is 8.78 Å². The first-order chi connectivity index (χ1) is 9.40. The molecule has 5 heteroatoms. The zero-order chi connectivity index (χ0) is 15.3. The van der Waals surface area contributed by atoms with E-state index >= 15 is 0 Å². The molecule has 1 aromatic rings. The Labute approximate surface area is 125 Å². The molecule has 0 saturated carbocycles. The Morgan fingerprint density at radius 3 is 2.40 bits per heavy atom. The Kier molecular flexibility index (Phi) is 6.33. The Morgan fingerprint density at radius 2 is 1.90 bits per heavy atom. The normalized spacial score (nSPS) is 10.9. The second kappa shape index (κ2) is 7.53. The van der Waals surface area contributed by atoms with E-state index in [9.17, 15) is 8.78 Å². The van der Waals surface area contributed by atoms with Gasteiger partial charge in [0.25, 0.3) is 0 Å². The van der Waals surface area contributed by atoms with Crippen LogP contribution in [0.25, 0.3) is 0 Å². The average molecular weight is 300 g/mol. The number of hydrogen-bond acceptors (Lipinski definition) is 2. The van der Waals surface area contributed by atoms with Crippen molar-refractivity contribution in [2.24, 2.45) is 5.73 Å². The van der Waals surface area contributed by atoms with Crippen molar-refractivity contribution in [3.63, 3.8) is 0 Å². The van der Waals surface area contributed by atoms with Crippen molar-refractivity contribution in [1.29, 1.82) is 0 Å². The smallest absolute Gasteiger partial charge is 0.182 e. The minimum Gasteiger partial charge on any atom is -0.389 e. The van der Waals surface area contributed by atoms with Gasteiger partial charge in [-0.1, -0.05) is 32.0 Å². The summed E-state index contributed by atoms with van der Waals surface area (Å²) in [4.78, 5) is 1.74. The van der Waals surface area contributed by atoms with Crippen molar-refractivity contribution in [3.8, 4) is 0 Å². The molecular formula is C15H22F2N2S. The molecule has 1 aromatic carbocycles. The summed E-state index contributed by atoms with van der Waals surface area (Å²) in [5.74, 6) is -1.84. The molecule has 0 radical (unpaired) electrons. The second-order valence-corrected chi connectivity index (χ2v) is 5.56. The number of rotatable bonds is 7. The summed E-state index contributed by atoms with van der Waals surface area (Å²) in [6.07, 6.45) is 3.11. The molecule has 20 heavy (non-hydrogen) atoms. The van der Waals surface area contributed by atoms with Crippen LogP contribution in [0.15, 0.2) is 12.1 Å². The lowest BCUT2D eigenvalue weighted by Crippen LogP contribution is -2.33. The molecule has 1 rings (SSSR count). The molecule has 0 saturated heterocycles. The molecule has 0 aromatic heterocycles. The number of benzene rings is 1. The lowest BCUT2D eigenvalue weighted by atomic mass is 10.1. The van der Waals surface area contributed by atoms with E-state index < -0.39 is 11.6 Å². The van der Waals surface area contributed by atoms with Gasteiger partial charge in [-0.25, -0.2) is 8.78 Å². The number of halogens is 2. The molecule has 0 amide bonds. The van der Waals surface area contributed by atoms with Gasteiger partial charge in [0.2, 0.25) is 0 Å². The first kappa shape index (κ1) is 16.8. The highest BCUT2D eigenvalue weighted by molar-refractivity contribution is 7.80. The van der Waals surface area contributed by atoms with Gasteiger partial charge in [0.15, 0.2) is 11.6 Å². The number of nitrogens with two attached hydrogens (primary N) is 1. The molecule has 2 N–H and O–H groups in total. The average Bonchev–Trinajstić information content (AvgIpc) is 2.38. The van der Waals surface area contributed by atoms with E-state index in [1.54, 1.807) is 6.07 Å². The molecule has 112 valence electrons. The molecule has 0 spiro atoms. The summed E-state index contributed by atoms with van der Waals surface area (Å²) in [6.45, 7) is 6.74. The number of unbranched alkanes of at least 4 members (excludes halogenated alkanes) is 2. The van der Waals surface area contributed by atoms with Gasteiger partial charge < -0.3 is 10.6 Å². The van der Waals surface area contributed by atoms with Crippen LogP contribution in [0.5, 0.6) is 0 Å². The van der Waals surface area contributed by atoms with Crippen LogP contribution >= 0.6 is 12.2 Å². The summed E-state index contributed by atoms with van der Waals surface area (Å²) in [6, 6.07) is 3.10. The van der Waals surface area contributed by atoms with E-state index in [0.29, 0.717) is 6.54 Å². The fourth-order valence-electron chi connectivity index (χ4n) is 2.14. The van der Waals surface area contributed by atoms with E-state index in [1.807, 2.05) is 18.7 Å². The number of thiocarbonyl (C=S) groups is 1. The molecule has 0 aliphatic carbocycles. The summed E-state index contributed by atoms with van der Waals surface area (Å²) < 4.78 is 28.2. The zero-order valence-electron chi connectivity index (χ0n) is 12.2. The summed E-state index contributed by atoms with van der Waals surface area (Å²) >= 11 is 4.71. The topological polar surface area (TPSA) is 29.3 Å². The van der Waals surface area contributed by atoms with Gasteiger partial charge >= 0.3 is 0 Å². The fourth-order valence-corrected chi connectivity index (χ4v) is 2.30. The van der Waals surface area contributed by atoms with Crippen LogP contribution in [-0.2, 0) is 0 Å². The highest BCUT2D eigenvalue weighted by Crippen LogP contribution is 2.26. The predicted octanol–water partition coefficient (Wildman–Crippen LogP) is 4.00. The maximum absolute atomic E-state index is 14.2. The van der Waals surface area contributed by atoms with Crippen molar-refractivity contribution in [1.82, 2.24) is 0 Å². The highest BCUT2D eigenvalue weighted by Gasteiger charge is 2.20. The molecule has 0 atom stereocenters. The summed E-state index contributed by atoms with van der Waals surface area (Å²) in [7, 11) is 0. The predicted molar refractivity (Wildman–Crippen MR) is 84.3 cm³/mol. The van der Waals surface area contributed by atoms with E-state index in [4.69, 9.17) is 18.0 Å². The van der Waals surface area contributed by atoms with Crippen LogP contribution in [-0.4, -0.2) is 17.6 Å². The molecule has 0 aliphatic heterocycles. The van der Waals surface area contributed by atoms with Crippen molar-refractivity contribution in [2.45, 2.75) is 46.1 Å². The molecular weight excluding hydrogens is 278 g/mol. The third kappa shape index (κ3) is 3.88. The van der Waals surface area contributed by atoms with Gasteiger partial charge in [0, 0.05) is 18.2 Å². The van der Waals surface area contributed by atoms with Crippen LogP contribution in [0.1, 0.15) is 45.6 Å². The van der Waals surface area contributed by atoms with Gasteiger partial charge in [-0.2, -0.15) is 0 Å². The molecule has 0 unspecified atom stereocenters. The van der Waals surface area contributed by atoms with Crippen LogP contribution in [0.3, 0.4) is 0 Å². The van der Waals surface area contributed by atoms with Gasteiger partial charge in [0.05, 0.1) is 5.69 Å². The molecule has 0 fully saturated rings. The van der Waals surface area contributed by atoms with Crippen molar-refractivity contribution >= 4 is 22.9 Å². The standard InChI is InChI=1S/C15H22F2N2S/c1-4-5-6-9-19(10(2)3)12-8-7-11(15(18)20)13(16)14(12)17/h7-8,10H,4-6,9H2,1-3H3,(H2,18,20). The lowest BCUT2D eigenvalue weighted by Gasteiger charge is -2.29. The van der Waals surface area contributed by atoms with Crippen LogP contribution in [0, 0.1) is 11.6 Å². The fraction of sp³-hybridized carbons (Fsp3) is 0.533. The first-order valence-electron chi connectivity index (χ1n) is 6.94. The van der Waals surface area contributed by atoms with Gasteiger partial charge in [-0.05, 0) is 32.4 Å². The largest absolute Gasteiger partial charge is 0.389 e. The van der Waals surface area contributed by atoms with E-state index in [1.165, 1.54) is 6.07 Å². The molecule has 0 aliphatic rings. The Bertz CT molecular complexity index is 475. The van der Waals surface area contributed by atoms with Crippen LogP contribution in [0.4, 0.5) is 14.5 Å². The van der Waals surface area contributed by atoms with E-state index in [-0.39, 0.29) is 22.3 Å². The minimum atomic E-state index is -0.962. The van der Waals surface area contributed by atoms with Gasteiger partial charge in [-0.15, -0.1) is 0 Å². The van der Waals surface area contributed by atoms with Crippen molar-refractivity contribution in [3.05, 3.63) is 29.3 Å². The molecule has 0 bridgehead atoms. The zero-order valence-corrected chi connectivity index (χ0v) is 13.1. The van der Waals surface area contributed by atoms with Crippen LogP contribution < -0.4 is 10.6 Å². The number of hydrogen-bond donors (Lipinski definition) is 1. The quantitative estimate of drug-likeness (QED) is 0.609. The highest BCUT2D eigenvalue weighted by atomic mass is 32.1. The number of anilines is 1. The SMILES string of the molecule is CCCCCN(c1ccc(C(N)=S)c(F)c1F)C(C)C. The Hall–Kier alpha value is -1.23. The maximum Gasteiger partial charge on any atom is 0.182 e. The van der Waals surface area contributed by atoms with E-state index in [0.717, 1.165) is 19.3 Å². The Balaban J connectivity index is 3.08. The molecule has 2 nitrogen and oxygen atoms in total. The maximum atomic E-state index is 14.2. The molecule has 0 heterocycles. The lowest BCUT2D eigenvalue weighted by molar-refractivity contribution is 0.499. The van der Waals surface area contributed by atoms with Gasteiger partial charge in [0.1, 0.15) is 4.99 Å². The number of nitrogens with zero attached hydrogens (tertiary/aromatic N) is 1. The Morgan fingerprint density at radius 1 is 1.25 bits per heavy atom. The van der Waals surface area contributed by atoms with Gasteiger partial charge in [-0.3, -0.25) is 0 Å². The monoisotopic (exact) mass is 300 g/mol. The van der Waals surface area contributed by atoms with E-state index in [2.05, 4.69) is 6.92 Å². The summed E-state index contributed by atoms with van der Waals surface area (Å²) in [5, 5.41) is 0. The third-order valence-corrected chi connectivity index (χ3v) is 3.48. The third-order valence-electron chi connectivity index (χ3n) is 3.26.